The summed E-state index contributed by atoms with van der Waals surface area (Å²) in [6.45, 7) is 2.96. The van der Waals surface area contributed by atoms with E-state index in [1.54, 1.807) is 12.1 Å². The van der Waals surface area contributed by atoms with Gasteiger partial charge in [-0.25, -0.2) is 4.39 Å². The predicted octanol–water partition coefficient (Wildman–Crippen LogP) is 1.75. The third kappa shape index (κ3) is 1.90. The third-order valence-corrected chi connectivity index (χ3v) is 4.18. The average Bonchev–Trinajstić information content (AvgIpc) is 3.08. The van der Waals surface area contributed by atoms with Crippen LogP contribution in [0.1, 0.15) is 23.2 Å². The minimum atomic E-state index is -0.300. The summed E-state index contributed by atoms with van der Waals surface area (Å²) in [5.41, 5.74) is 0.685. The van der Waals surface area contributed by atoms with Crippen molar-refractivity contribution in [3.63, 3.8) is 0 Å². The summed E-state index contributed by atoms with van der Waals surface area (Å²) in [4.78, 5) is 16.5. The molecule has 0 radical (unpaired) electrons. The molecule has 3 nitrogen and oxygen atoms in total. The lowest BCUT2D eigenvalue weighted by Crippen LogP contribution is -2.38. The van der Waals surface area contributed by atoms with Crippen LogP contribution in [0.5, 0.6) is 0 Å². The Kier molecular flexibility index (Phi) is 2.63. The molecule has 0 atom stereocenters. The molecule has 18 heavy (non-hydrogen) atoms. The maximum Gasteiger partial charge on any atom is 0.254 e. The number of carbonyl (C=O) groups is 1. The predicted molar refractivity (Wildman–Crippen MR) is 66.9 cm³/mol. The molecule has 3 rings (SSSR count). The van der Waals surface area contributed by atoms with Crippen LogP contribution in [0.4, 0.5) is 4.39 Å². The molecule has 0 aliphatic carbocycles. The average molecular weight is 248 g/mol. The molecule has 1 aromatic carbocycles. The van der Waals surface area contributed by atoms with Crippen molar-refractivity contribution < 1.29 is 9.18 Å². The second kappa shape index (κ2) is 4.05. The number of carbonyl (C=O) groups excluding carboxylic acids is 1. The van der Waals surface area contributed by atoms with E-state index in [4.69, 9.17) is 0 Å². The highest BCUT2D eigenvalue weighted by Gasteiger charge is 2.55. The number of benzene rings is 1. The van der Waals surface area contributed by atoms with Gasteiger partial charge in [0.05, 0.1) is 5.54 Å². The summed E-state index contributed by atoms with van der Waals surface area (Å²) >= 11 is 0. The first-order valence-corrected chi connectivity index (χ1v) is 6.37. The van der Waals surface area contributed by atoms with Gasteiger partial charge in [0.1, 0.15) is 5.82 Å². The van der Waals surface area contributed by atoms with Gasteiger partial charge in [0.2, 0.25) is 0 Å². The van der Waals surface area contributed by atoms with Crippen molar-refractivity contribution in [1.29, 1.82) is 0 Å². The molecular formula is C14H17FN2O. The van der Waals surface area contributed by atoms with Crippen molar-refractivity contribution in [2.24, 2.45) is 0 Å². The van der Waals surface area contributed by atoms with Crippen LogP contribution in [0, 0.1) is 5.82 Å². The Morgan fingerprint density at radius 2 is 1.83 bits per heavy atom. The van der Waals surface area contributed by atoms with Crippen molar-refractivity contribution in [3.8, 4) is 0 Å². The van der Waals surface area contributed by atoms with Crippen LogP contribution in [-0.2, 0) is 0 Å². The molecule has 2 aliphatic heterocycles. The first kappa shape index (κ1) is 11.7. The van der Waals surface area contributed by atoms with Crippen LogP contribution in [0.25, 0.3) is 0 Å². The number of hydrogen-bond acceptors (Lipinski definition) is 2. The van der Waals surface area contributed by atoms with E-state index in [2.05, 4.69) is 11.9 Å². The number of amides is 1. The van der Waals surface area contributed by atoms with Crippen molar-refractivity contribution >= 4 is 5.91 Å². The van der Waals surface area contributed by atoms with Crippen LogP contribution >= 0.6 is 0 Å². The Bertz CT molecular complexity index is 463. The maximum atomic E-state index is 12.8. The fourth-order valence-electron chi connectivity index (χ4n) is 2.76. The van der Waals surface area contributed by atoms with Crippen LogP contribution in [0.3, 0.4) is 0 Å². The van der Waals surface area contributed by atoms with Crippen molar-refractivity contribution in [2.75, 3.05) is 26.7 Å². The fourth-order valence-corrected chi connectivity index (χ4v) is 2.76. The lowest BCUT2D eigenvalue weighted by atomic mass is 9.97. The highest BCUT2D eigenvalue weighted by atomic mass is 19.1. The molecule has 0 saturated carbocycles. The smallest absolute Gasteiger partial charge is 0.254 e. The van der Waals surface area contributed by atoms with E-state index in [1.807, 2.05) is 4.90 Å². The van der Waals surface area contributed by atoms with Crippen molar-refractivity contribution in [2.45, 2.75) is 18.4 Å². The van der Waals surface area contributed by atoms with Gasteiger partial charge in [0.15, 0.2) is 0 Å². The topological polar surface area (TPSA) is 23.3 Å². The van der Waals surface area contributed by atoms with E-state index in [9.17, 15) is 9.18 Å². The van der Waals surface area contributed by atoms with Crippen LogP contribution in [-0.4, -0.2) is 47.9 Å². The first-order valence-electron chi connectivity index (χ1n) is 6.37. The zero-order valence-electron chi connectivity index (χ0n) is 10.5. The normalized spacial score (nSPS) is 22.2. The number of rotatable bonds is 1. The second-order valence-electron chi connectivity index (χ2n) is 5.43. The minimum absolute atomic E-state index is 0.0413. The monoisotopic (exact) mass is 248 g/mol. The summed E-state index contributed by atoms with van der Waals surface area (Å²) in [6.07, 6.45) is 2.10. The van der Waals surface area contributed by atoms with Gasteiger partial charge in [-0.1, -0.05) is 0 Å². The quantitative estimate of drug-likeness (QED) is 0.707. The molecule has 0 N–H and O–H groups in total. The zero-order chi connectivity index (χ0) is 12.8. The number of piperidine rings is 1. The van der Waals surface area contributed by atoms with Gasteiger partial charge in [0, 0.05) is 25.2 Å². The summed E-state index contributed by atoms with van der Waals surface area (Å²) in [6, 6.07) is 5.83. The lowest BCUT2D eigenvalue weighted by molar-refractivity contribution is 0.0827. The van der Waals surface area contributed by atoms with E-state index in [0.717, 1.165) is 32.5 Å². The standard InChI is InChI=1S/C14H17FN2O/c1-16-8-6-14(7-9-16)10-17(14)13(18)11-2-4-12(15)5-3-11/h2-5H,6-10H2,1H3. The molecule has 1 spiro atoms. The Hall–Kier alpha value is -1.42. The van der Waals surface area contributed by atoms with Gasteiger partial charge in [-0.2, -0.15) is 0 Å². The van der Waals surface area contributed by atoms with Crippen molar-refractivity contribution in [3.05, 3.63) is 35.6 Å². The third-order valence-electron chi connectivity index (χ3n) is 4.18. The number of likely N-dealkylation sites (tertiary alicyclic amines) is 1. The lowest BCUT2D eigenvalue weighted by Gasteiger charge is -2.29. The molecule has 1 amide bonds. The molecule has 2 heterocycles. The second-order valence-corrected chi connectivity index (χ2v) is 5.43. The molecule has 2 fully saturated rings. The van der Waals surface area contributed by atoms with Gasteiger partial charge in [-0.15, -0.1) is 0 Å². The maximum absolute atomic E-state index is 12.8. The van der Waals surface area contributed by atoms with E-state index in [1.165, 1.54) is 12.1 Å². The van der Waals surface area contributed by atoms with E-state index < -0.39 is 0 Å². The Morgan fingerprint density at radius 3 is 2.44 bits per heavy atom. The van der Waals surface area contributed by atoms with Gasteiger partial charge in [0.25, 0.3) is 5.91 Å². The Morgan fingerprint density at radius 1 is 1.22 bits per heavy atom. The first-order chi connectivity index (χ1) is 8.61. The molecule has 2 saturated heterocycles. The Labute approximate surface area is 106 Å². The number of halogens is 1. The summed E-state index contributed by atoms with van der Waals surface area (Å²) < 4.78 is 12.8. The summed E-state index contributed by atoms with van der Waals surface area (Å²) in [5, 5.41) is 0. The van der Waals surface area contributed by atoms with Gasteiger partial charge in [-0.05, 0) is 44.2 Å². The molecule has 2 aliphatic rings. The molecular weight excluding hydrogens is 231 g/mol. The zero-order valence-corrected chi connectivity index (χ0v) is 10.5. The van der Waals surface area contributed by atoms with Crippen LogP contribution in [0.15, 0.2) is 24.3 Å². The molecule has 96 valence electrons. The van der Waals surface area contributed by atoms with E-state index in [0.29, 0.717) is 5.56 Å². The number of hydrogen-bond donors (Lipinski definition) is 0. The molecule has 0 bridgehead atoms. The largest absolute Gasteiger partial charge is 0.329 e. The minimum Gasteiger partial charge on any atom is -0.329 e. The van der Waals surface area contributed by atoms with E-state index in [-0.39, 0.29) is 17.3 Å². The van der Waals surface area contributed by atoms with Gasteiger partial charge < -0.3 is 9.80 Å². The highest BCUT2D eigenvalue weighted by molar-refractivity contribution is 5.96. The van der Waals surface area contributed by atoms with Crippen LogP contribution in [0.2, 0.25) is 0 Å². The SMILES string of the molecule is CN1CCC2(CC1)CN2C(=O)c1ccc(F)cc1. The van der Waals surface area contributed by atoms with E-state index >= 15 is 0 Å². The highest BCUT2D eigenvalue weighted by Crippen LogP contribution is 2.42. The fraction of sp³-hybridized carbons (Fsp3) is 0.500. The Balaban J connectivity index is 1.70. The van der Waals surface area contributed by atoms with Crippen LogP contribution < -0.4 is 0 Å². The summed E-state index contributed by atoms with van der Waals surface area (Å²) in [5.74, 6) is -0.258. The number of nitrogens with zero attached hydrogens (tertiary/aromatic N) is 2. The van der Waals surface area contributed by atoms with Crippen molar-refractivity contribution in [1.82, 2.24) is 9.80 Å². The molecule has 0 aromatic heterocycles. The molecule has 1 aromatic rings. The van der Waals surface area contributed by atoms with Gasteiger partial charge in [-0.3, -0.25) is 4.79 Å². The van der Waals surface area contributed by atoms with Gasteiger partial charge >= 0.3 is 0 Å². The molecule has 0 unspecified atom stereocenters. The summed E-state index contributed by atoms with van der Waals surface area (Å²) in [7, 11) is 2.11. The molecule has 4 heteroatoms.